The van der Waals surface area contributed by atoms with Gasteiger partial charge in [-0.3, -0.25) is 0 Å². The lowest BCUT2D eigenvalue weighted by Gasteiger charge is -2.12. The molecule has 5 unspecified atom stereocenters. The maximum absolute atomic E-state index is 8.37. The van der Waals surface area contributed by atoms with Crippen molar-refractivity contribution in [3.63, 3.8) is 0 Å². The van der Waals surface area contributed by atoms with Crippen molar-refractivity contribution in [2.45, 2.75) is 38.2 Å². The molecule has 5 heteroatoms. The van der Waals surface area contributed by atoms with E-state index in [2.05, 4.69) is 16.9 Å². The molecule has 5 atom stereocenters. The maximum atomic E-state index is 8.37. The lowest BCUT2D eigenvalue weighted by Crippen LogP contribution is -2.24. The highest BCUT2D eigenvalue weighted by atomic mass is 16.6. The predicted octanol–water partition coefficient (Wildman–Crippen LogP) is 1.49. The summed E-state index contributed by atoms with van der Waals surface area (Å²) in [5.74, 6) is 0.262. The third-order valence-corrected chi connectivity index (χ3v) is 2.82. The fourth-order valence-electron chi connectivity index (χ4n) is 2.00. The molecular weight excluding hydrogens is 170 g/mol. The van der Waals surface area contributed by atoms with Crippen LogP contribution in [0.4, 0.5) is 0 Å². The Labute approximate surface area is 76.6 Å². The molecule has 0 aromatic rings. The fourth-order valence-corrected chi connectivity index (χ4v) is 2.00. The van der Waals surface area contributed by atoms with Gasteiger partial charge in [-0.2, -0.15) is 0 Å². The van der Waals surface area contributed by atoms with Gasteiger partial charge in [-0.25, -0.2) is 0 Å². The molecule has 0 aromatic heterocycles. The zero-order chi connectivity index (χ0) is 9.42. The predicted molar refractivity (Wildman–Crippen MR) is 46.2 cm³/mol. The largest absolute Gasteiger partial charge is 0.372 e. The van der Waals surface area contributed by atoms with E-state index in [0.29, 0.717) is 0 Å². The first kappa shape index (κ1) is 8.81. The van der Waals surface area contributed by atoms with Crippen LogP contribution in [0.25, 0.3) is 10.4 Å². The molecule has 72 valence electrons. The van der Waals surface area contributed by atoms with Gasteiger partial charge in [-0.1, -0.05) is 12.0 Å². The first-order valence-corrected chi connectivity index (χ1v) is 4.55. The number of azide groups is 1. The van der Waals surface area contributed by atoms with Crippen LogP contribution in [-0.2, 0) is 9.47 Å². The van der Waals surface area contributed by atoms with Crippen molar-refractivity contribution < 1.29 is 9.47 Å². The van der Waals surface area contributed by atoms with Gasteiger partial charge in [0.15, 0.2) is 0 Å². The summed E-state index contributed by atoms with van der Waals surface area (Å²) in [5, 5.41) is 3.75. The van der Waals surface area contributed by atoms with Crippen molar-refractivity contribution in [3.8, 4) is 0 Å². The third-order valence-electron chi connectivity index (χ3n) is 2.82. The van der Waals surface area contributed by atoms with Crippen LogP contribution < -0.4 is 0 Å². The second-order valence-corrected chi connectivity index (χ2v) is 3.73. The topological polar surface area (TPSA) is 70.5 Å². The summed E-state index contributed by atoms with van der Waals surface area (Å²) < 4.78 is 10.9. The van der Waals surface area contributed by atoms with Gasteiger partial charge in [-0.15, -0.1) is 0 Å². The van der Waals surface area contributed by atoms with Crippen LogP contribution in [0, 0.1) is 5.92 Å². The average Bonchev–Trinajstić information content (AvgIpc) is 2.88. The number of ether oxygens (including phenoxy) is 2. The van der Waals surface area contributed by atoms with Crippen LogP contribution in [0.1, 0.15) is 13.8 Å². The normalized spacial score (nSPS) is 48.6. The quantitative estimate of drug-likeness (QED) is 0.281. The highest BCUT2D eigenvalue weighted by Gasteiger charge is 2.47. The number of hydrogen-bond donors (Lipinski definition) is 0. The van der Waals surface area contributed by atoms with Gasteiger partial charge < -0.3 is 9.47 Å². The number of nitrogens with zero attached hydrogens (tertiary/aromatic N) is 3. The Morgan fingerprint density at radius 3 is 2.69 bits per heavy atom. The van der Waals surface area contributed by atoms with Crippen LogP contribution in [0.5, 0.6) is 0 Å². The van der Waals surface area contributed by atoms with E-state index in [-0.39, 0.29) is 30.3 Å². The van der Waals surface area contributed by atoms with E-state index in [1.54, 1.807) is 0 Å². The molecule has 2 rings (SSSR count). The van der Waals surface area contributed by atoms with Gasteiger partial charge in [0.2, 0.25) is 0 Å². The van der Waals surface area contributed by atoms with E-state index >= 15 is 0 Å². The van der Waals surface area contributed by atoms with Crippen LogP contribution >= 0.6 is 0 Å². The number of rotatable bonds is 2. The molecule has 2 aliphatic heterocycles. The van der Waals surface area contributed by atoms with Gasteiger partial charge in [-0.05, 0) is 18.4 Å². The third kappa shape index (κ3) is 1.50. The van der Waals surface area contributed by atoms with E-state index < -0.39 is 0 Å². The zero-order valence-corrected chi connectivity index (χ0v) is 7.75. The van der Waals surface area contributed by atoms with Crippen LogP contribution in [0.2, 0.25) is 0 Å². The van der Waals surface area contributed by atoms with Gasteiger partial charge in [0.25, 0.3) is 0 Å². The van der Waals surface area contributed by atoms with Crippen molar-refractivity contribution in [1.29, 1.82) is 0 Å². The molecule has 0 N–H and O–H groups in total. The number of hydrogen-bond acceptors (Lipinski definition) is 3. The summed E-state index contributed by atoms with van der Waals surface area (Å²) in [6.07, 6.45) is 0.363. The zero-order valence-electron chi connectivity index (χ0n) is 7.75. The molecule has 5 nitrogen and oxygen atoms in total. The minimum absolute atomic E-state index is 0.0140. The Kier molecular flexibility index (Phi) is 2.15. The summed E-state index contributed by atoms with van der Waals surface area (Å²) >= 11 is 0. The van der Waals surface area contributed by atoms with Crippen LogP contribution in [0.3, 0.4) is 0 Å². The highest BCUT2D eigenvalue weighted by Crippen LogP contribution is 2.35. The Balaban J connectivity index is 2.08. The molecule has 0 bridgehead atoms. The molecule has 0 saturated carbocycles. The van der Waals surface area contributed by atoms with E-state index in [4.69, 9.17) is 15.0 Å². The van der Waals surface area contributed by atoms with Gasteiger partial charge >= 0.3 is 0 Å². The standard InChI is InChI=1S/C8H13N3O2/c1-4-7(10-11-9)5(2)13-8(4)6-3-12-6/h4-8H,3H2,1-2H3. The van der Waals surface area contributed by atoms with Gasteiger partial charge in [0.1, 0.15) is 6.10 Å². The van der Waals surface area contributed by atoms with Crippen LogP contribution in [0.15, 0.2) is 5.11 Å². The summed E-state index contributed by atoms with van der Waals surface area (Å²) in [6.45, 7) is 4.78. The molecule has 2 fully saturated rings. The first-order chi connectivity index (χ1) is 6.24. The van der Waals surface area contributed by atoms with Crippen LogP contribution in [-0.4, -0.2) is 31.0 Å². The molecule has 13 heavy (non-hydrogen) atoms. The Hall–Kier alpha value is -0.770. The van der Waals surface area contributed by atoms with Crippen molar-refractivity contribution in [3.05, 3.63) is 10.4 Å². The molecule has 0 aromatic carbocycles. The molecule has 2 saturated heterocycles. The molecule has 0 spiro atoms. The van der Waals surface area contributed by atoms with Crippen molar-refractivity contribution in [2.75, 3.05) is 6.61 Å². The summed E-state index contributed by atoms with van der Waals surface area (Å²) in [5.41, 5.74) is 8.37. The van der Waals surface area contributed by atoms with E-state index in [1.807, 2.05) is 6.92 Å². The Morgan fingerprint density at radius 2 is 2.15 bits per heavy atom. The summed E-state index contributed by atoms with van der Waals surface area (Å²) in [7, 11) is 0. The van der Waals surface area contributed by atoms with E-state index in [9.17, 15) is 0 Å². The van der Waals surface area contributed by atoms with Gasteiger partial charge in [0.05, 0.1) is 24.9 Å². The lowest BCUT2D eigenvalue weighted by molar-refractivity contribution is 0.0265. The minimum Gasteiger partial charge on any atom is -0.372 e. The molecule has 2 heterocycles. The van der Waals surface area contributed by atoms with Gasteiger partial charge in [0, 0.05) is 4.91 Å². The molecule has 0 amide bonds. The first-order valence-electron chi connectivity index (χ1n) is 4.55. The second kappa shape index (κ2) is 3.18. The molecule has 2 aliphatic rings. The maximum Gasteiger partial charge on any atom is 0.107 e. The second-order valence-electron chi connectivity index (χ2n) is 3.73. The fraction of sp³-hybridized carbons (Fsp3) is 1.00. The highest BCUT2D eigenvalue weighted by molar-refractivity contribution is 4.97. The average molecular weight is 183 g/mol. The van der Waals surface area contributed by atoms with Crippen molar-refractivity contribution in [1.82, 2.24) is 0 Å². The monoisotopic (exact) mass is 183 g/mol. The lowest BCUT2D eigenvalue weighted by atomic mass is 9.95. The number of epoxide rings is 1. The van der Waals surface area contributed by atoms with E-state index in [1.165, 1.54) is 0 Å². The summed E-state index contributed by atoms with van der Waals surface area (Å²) in [6, 6.07) is -0.0424. The Bertz CT molecular complexity index is 248. The van der Waals surface area contributed by atoms with Crippen molar-refractivity contribution in [2.24, 2.45) is 11.0 Å². The van der Waals surface area contributed by atoms with Crippen molar-refractivity contribution >= 4 is 0 Å². The Morgan fingerprint density at radius 1 is 1.46 bits per heavy atom. The van der Waals surface area contributed by atoms with E-state index in [0.717, 1.165) is 6.61 Å². The minimum atomic E-state index is -0.0424. The molecular formula is C8H13N3O2. The smallest absolute Gasteiger partial charge is 0.107 e. The molecule has 0 aliphatic carbocycles. The summed E-state index contributed by atoms with van der Waals surface area (Å²) in [4.78, 5) is 2.84. The SMILES string of the molecule is CC1OC(C2CO2)C(C)C1N=[N+]=[N-]. The molecule has 0 radical (unpaired) electrons.